The summed E-state index contributed by atoms with van der Waals surface area (Å²) >= 11 is 0. The third kappa shape index (κ3) is 5.03. The Labute approximate surface area is 201 Å². The standard InChI is InChI=1S/C28H34FN3O2/c1-3-20-13-23-22(5-4-6-25(23)30-15-20)19(2)17-32-10-9-26(24(29)18-32)31-16-21-7-8-27-28(14-21)34-12-11-33-27/h4-8,13-15,19,24,26,31H,3,9-12,16-18H2,1-2H3. The number of likely N-dealkylation sites (tertiary alicyclic amines) is 1. The van der Waals surface area contributed by atoms with Crippen LogP contribution in [0, 0.1) is 0 Å². The molecule has 1 saturated heterocycles. The molecule has 0 saturated carbocycles. The van der Waals surface area contributed by atoms with Crippen LogP contribution in [0.1, 0.15) is 42.9 Å². The molecule has 0 bridgehead atoms. The summed E-state index contributed by atoms with van der Waals surface area (Å²) in [5.74, 6) is 1.88. The number of benzene rings is 2. The SMILES string of the molecule is CCc1cnc2cccc(C(C)CN3CCC(NCc4ccc5c(c4)OCCO5)C(F)C3)c2c1. The molecule has 5 nitrogen and oxygen atoms in total. The molecular formula is C28H34FN3O2. The van der Waals surface area contributed by atoms with E-state index in [1.807, 2.05) is 24.4 Å². The Morgan fingerprint density at radius 1 is 1.12 bits per heavy atom. The van der Waals surface area contributed by atoms with Crippen molar-refractivity contribution in [3.63, 3.8) is 0 Å². The zero-order valence-corrected chi connectivity index (χ0v) is 20.1. The van der Waals surface area contributed by atoms with Crippen LogP contribution in [0.15, 0.2) is 48.7 Å². The smallest absolute Gasteiger partial charge is 0.161 e. The number of halogens is 1. The first-order valence-corrected chi connectivity index (χ1v) is 12.5. The van der Waals surface area contributed by atoms with Gasteiger partial charge in [-0.25, -0.2) is 4.39 Å². The van der Waals surface area contributed by atoms with Crippen molar-refractivity contribution < 1.29 is 13.9 Å². The quantitative estimate of drug-likeness (QED) is 0.542. The number of alkyl halides is 1. The maximum absolute atomic E-state index is 15.1. The Hall–Kier alpha value is -2.70. The van der Waals surface area contributed by atoms with Gasteiger partial charge in [-0.05, 0) is 66.3 Å². The second-order valence-electron chi connectivity index (χ2n) is 9.54. The van der Waals surface area contributed by atoms with Crippen molar-refractivity contribution in [1.82, 2.24) is 15.2 Å². The Kier molecular flexibility index (Phi) is 6.97. The van der Waals surface area contributed by atoms with Crippen LogP contribution < -0.4 is 14.8 Å². The molecule has 0 aliphatic carbocycles. The van der Waals surface area contributed by atoms with Crippen LogP contribution in [0.3, 0.4) is 0 Å². The third-order valence-corrected chi connectivity index (χ3v) is 7.09. The topological polar surface area (TPSA) is 46.6 Å². The summed E-state index contributed by atoms with van der Waals surface area (Å²) in [7, 11) is 0. The number of nitrogens with one attached hydrogen (secondary N) is 1. The predicted octanol–water partition coefficient (Wildman–Crippen LogP) is 4.87. The fourth-order valence-electron chi connectivity index (χ4n) is 5.13. The van der Waals surface area contributed by atoms with Crippen LogP contribution in [0.25, 0.3) is 10.9 Å². The van der Waals surface area contributed by atoms with Crippen molar-refractivity contribution in [3.05, 3.63) is 65.4 Å². The molecular weight excluding hydrogens is 429 g/mol. The third-order valence-electron chi connectivity index (χ3n) is 7.09. The number of hydrogen-bond donors (Lipinski definition) is 1. The van der Waals surface area contributed by atoms with E-state index in [1.165, 1.54) is 16.5 Å². The minimum atomic E-state index is -0.890. The number of ether oxygens (including phenoxy) is 2. The molecule has 3 aromatic rings. The summed E-state index contributed by atoms with van der Waals surface area (Å²) in [5.41, 5.74) is 4.67. The Balaban J connectivity index is 1.17. The van der Waals surface area contributed by atoms with Gasteiger partial charge in [0.05, 0.1) is 5.52 Å². The summed E-state index contributed by atoms with van der Waals surface area (Å²) in [5, 5.41) is 4.65. The van der Waals surface area contributed by atoms with Crippen molar-refractivity contribution >= 4 is 10.9 Å². The summed E-state index contributed by atoms with van der Waals surface area (Å²) in [6.45, 7) is 8.39. The fraction of sp³-hybridized carbons (Fsp3) is 0.464. The maximum Gasteiger partial charge on any atom is 0.161 e. The lowest BCUT2D eigenvalue weighted by Gasteiger charge is -2.36. The largest absolute Gasteiger partial charge is 0.486 e. The van der Waals surface area contributed by atoms with Crippen LogP contribution in [0.2, 0.25) is 0 Å². The minimum Gasteiger partial charge on any atom is -0.486 e. The zero-order valence-electron chi connectivity index (χ0n) is 20.1. The molecule has 1 N–H and O–H groups in total. The van der Waals surface area contributed by atoms with Gasteiger partial charge in [0.1, 0.15) is 19.4 Å². The number of fused-ring (bicyclic) bond motifs is 2. The van der Waals surface area contributed by atoms with E-state index in [-0.39, 0.29) is 6.04 Å². The molecule has 1 fully saturated rings. The molecule has 180 valence electrons. The van der Waals surface area contributed by atoms with Gasteiger partial charge in [0.2, 0.25) is 0 Å². The van der Waals surface area contributed by atoms with Crippen molar-refractivity contribution in [2.75, 3.05) is 32.8 Å². The van der Waals surface area contributed by atoms with E-state index in [9.17, 15) is 0 Å². The Morgan fingerprint density at radius 3 is 2.79 bits per heavy atom. The summed E-state index contributed by atoms with van der Waals surface area (Å²) < 4.78 is 26.4. The van der Waals surface area contributed by atoms with Crippen LogP contribution in [0.5, 0.6) is 11.5 Å². The fourth-order valence-corrected chi connectivity index (χ4v) is 5.13. The molecule has 3 heterocycles. The lowest BCUT2D eigenvalue weighted by Crippen LogP contribution is -2.51. The van der Waals surface area contributed by atoms with Crippen molar-refractivity contribution in [3.8, 4) is 11.5 Å². The molecule has 2 aliphatic heterocycles. The molecule has 2 aromatic carbocycles. The maximum atomic E-state index is 15.1. The van der Waals surface area contributed by atoms with E-state index < -0.39 is 6.17 Å². The van der Waals surface area contributed by atoms with E-state index in [4.69, 9.17) is 9.47 Å². The van der Waals surface area contributed by atoms with Crippen molar-refractivity contribution in [1.29, 1.82) is 0 Å². The van der Waals surface area contributed by atoms with E-state index in [2.05, 4.69) is 53.3 Å². The highest BCUT2D eigenvalue weighted by Gasteiger charge is 2.30. The molecule has 34 heavy (non-hydrogen) atoms. The number of aryl methyl sites for hydroxylation is 1. The van der Waals surface area contributed by atoms with Gasteiger partial charge in [-0.3, -0.25) is 9.88 Å². The Morgan fingerprint density at radius 2 is 1.97 bits per heavy atom. The first-order valence-electron chi connectivity index (χ1n) is 12.5. The average molecular weight is 464 g/mol. The molecule has 2 aliphatic rings. The molecule has 1 aromatic heterocycles. The molecule has 6 heteroatoms. The van der Waals surface area contributed by atoms with Crippen molar-refractivity contribution in [2.45, 2.75) is 51.4 Å². The first kappa shape index (κ1) is 23.1. The van der Waals surface area contributed by atoms with E-state index in [0.717, 1.165) is 48.5 Å². The highest BCUT2D eigenvalue weighted by molar-refractivity contribution is 5.83. The number of piperidine rings is 1. The molecule has 0 spiro atoms. The monoisotopic (exact) mass is 463 g/mol. The number of nitrogens with zero attached hydrogens (tertiary/aromatic N) is 2. The van der Waals surface area contributed by atoms with Gasteiger partial charge in [-0.15, -0.1) is 0 Å². The van der Waals surface area contributed by atoms with E-state index >= 15 is 4.39 Å². The highest BCUT2D eigenvalue weighted by Crippen LogP contribution is 2.31. The molecule has 5 rings (SSSR count). The number of hydrogen-bond acceptors (Lipinski definition) is 5. The van der Waals surface area contributed by atoms with Gasteiger partial charge in [0, 0.05) is 37.3 Å². The lowest BCUT2D eigenvalue weighted by atomic mass is 9.94. The summed E-state index contributed by atoms with van der Waals surface area (Å²) in [6, 6.07) is 14.4. The van der Waals surface area contributed by atoms with Gasteiger partial charge in [0.25, 0.3) is 0 Å². The minimum absolute atomic E-state index is 0.131. The van der Waals surface area contributed by atoms with E-state index in [0.29, 0.717) is 32.2 Å². The first-order chi connectivity index (χ1) is 16.6. The number of rotatable bonds is 7. The van der Waals surface area contributed by atoms with Gasteiger partial charge in [0.15, 0.2) is 11.5 Å². The number of pyridine rings is 1. The second kappa shape index (κ2) is 10.3. The predicted molar refractivity (Wildman–Crippen MR) is 134 cm³/mol. The average Bonchev–Trinajstić information content (AvgIpc) is 2.87. The Bertz CT molecular complexity index is 1140. The zero-order chi connectivity index (χ0) is 23.5. The normalized spacial score (nSPS) is 21.5. The molecule has 0 amide bonds. The van der Waals surface area contributed by atoms with Gasteiger partial charge >= 0.3 is 0 Å². The highest BCUT2D eigenvalue weighted by atomic mass is 19.1. The van der Waals surface area contributed by atoms with Gasteiger partial charge in [-0.2, -0.15) is 0 Å². The van der Waals surface area contributed by atoms with Crippen molar-refractivity contribution in [2.24, 2.45) is 0 Å². The van der Waals surface area contributed by atoms with Gasteiger partial charge in [-0.1, -0.05) is 32.0 Å². The molecule has 3 unspecified atom stereocenters. The summed E-state index contributed by atoms with van der Waals surface area (Å²) in [4.78, 5) is 6.91. The van der Waals surface area contributed by atoms with Gasteiger partial charge < -0.3 is 14.8 Å². The van der Waals surface area contributed by atoms with Crippen LogP contribution in [-0.4, -0.2) is 54.9 Å². The summed E-state index contributed by atoms with van der Waals surface area (Å²) in [6.07, 6.45) is 2.85. The van der Waals surface area contributed by atoms with Crippen LogP contribution in [0.4, 0.5) is 4.39 Å². The van der Waals surface area contributed by atoms with E-state index in [1.54, 1.807) is 0 Å². The molecule has 0 radical (unpaired) electrons. The van der Waals surface area contributed by atoms with Crippen LogP contribution >= 0.6 is 0 Å². The lowest BCUT2D eigenvalue weighted by molar-refractivity contribution is 0.0994. The molecule has 3 atom stereocenters. The number of aromatic nitrogens is 1. The van der Waals surface area contributed by atoms with Crippen LogP contribution in [-0.2, 0) is 13.0 Å². The second-order valence-corrected chi connectivity index (χ2v) is 9.54.